The van der Waals surface area contributed by atoms with Gasteiger partial charge in [0.15, 0.2) is 5.58 Å². The molecule has 1 heterocycles. The predicted molar refractivity (Wildman–Crippen MR) is 68.0 cm³/mol. The van der Waals surface area contributed by atoms with Gasteiger partial charge >= 0.3 is 5.76 Å². The van der Waals surface area contributed by atoms with Crippen molar-refractivity contribution in [3.63, 3.8) is 0 Å². The Balaban J connectivity index is 2.45. The number of hydrogen-bond acceptors (Lipinski definition) is 4. The number of H-pyrrole nitrogens is 1. The van der Waals surface area contributed by atoms with E-state index in [1.165, 1.54) is 0 Å². The van der Waals surface area contributed by atoms with E-state index in [4.69, 9.17) is 9.68 Å². The average molecular weight is 245 g/mol. The highest BCUT2D eigenvalue weighted by molar-refractivity contribution is 5.73. The lowest BCUT2D eigenvalue weighted by Crippen LogP contribution is -2.23. The van der Waals surface area contributed by atoms with Gasteiger partial charge in [-0.2, -0.15) is 5.26 Å². The standard InChI is InChI=1S/C13H15N3O2/c1-3-8(7-14)12(15-2)9-4-5-11-10(6-9)16-13(17)18-11/h4-6,8,12,15H,3H2,1-2H3,(H,16,17). The van der Waals surface area contributed by atoms with Crippen molar-refractivity contribution in [2.75, 3.05) is 7.05 Å². The van der Waals surface area contributed by atoms with Crippen LogP contribution in [0.4, 0.5) is 0 Å². The number of aromatic amines is 1. The molecule has 0 aliphatic carbocycles. The Morgan fingerprint density at radius 2 is 2.33 bits per heavy atom. The molecule has 0 radical (unpaired) electrons. The van der Waals surface area contributed by atoms with Crippen molar-refractivity contribution in [1.29, 1.82) is 5.26 Å². The molecule has 0 saturated carbocycles. The smallest absolute Gasteiger partial charge is 0.408 e. The predicted octanol–water partition coefficient (Wildman–Crippen LogP) is 1.93. The van der Waals surface area contributed by atoms with Crippen LogP contribution in [0.2, 0.25) is 0 Å². The maximum Gasteiger partial charge on any atom is 0.417 e. The molecule has 2 rings (SSSR count). The lowest BCUT2D eigenvalue weighted by molar-refractivity contribution is 0.449. The van der Waals surface area contributed by atoms with E-state index in [2.05, 4.69) is 16.4 Å². The van der Waals surface area contributed by atoms with Gasteiger partial charge in [-0.15, -0.1) is 0 Å². The average Bonchev–Trinajstić information content (AvgIpc) is 2.74. The van der Waals surface area contributed by atoms with Gasteiger partial charge in [-0.25, -0.2) is 4.79 Å². The lowest BCUT2D eigenvalue weighted by atomic mass is 9.92. The summed E-state index contributed by atoms with van der Waals surface area (Å²) in [5.74, 6) is -0.568. The molecule has 0 bridgehead atoms. The molecule has 5 heteroatoms. The molecular formula is C13H15N3O2. The van der Waals surface area contributed by atoms with Gasteiger partial charge in [0.25, 0.3) is 0 Å². The number of nitriles is 1. The van der Waals surface area contributed by atoms with Crippen molar-refractivity contribution in [3.8, 4) is 6.07 Å². The monoisotopic (exact) mass is 245 g/mol. The number of aromatic nitrogens is 1. The highest BCUT2D eigenvalue weighted by Gasteiger charge is 2.20. The van der Waals surface area contributed by atoms with E-state index in [9.17, 15) is 4.79 Å². The molecule has 5 nitrogen and oxygen atoms in total. The maximum atomic E-state index is 11.1. The van der Waals surface area contributed by atoms with Crippen LogP contribution in [0.1, 0.15) is 24.9 Å². The summed E-state index contributed by atoms with van der Waals surface area (Å²) in [6, 6.07) is 7.71. The number of fused-ring (bicyclic) bond motifs is 1. The van der Waals surface area contributed by atoms with E-state index < -0.39 is 5.76 Å². The Morgan fingerprint density at radius 3 is 2.94 bits per heavy atom. The highest BCUT2D eigenvalue weighted by atomic mass is 16.4. The minimum absolute atomic E-state index is 0.0530. The molecule has 0 saturated heterocycles. The van der Waals surface area contributed by atoms with Crippen LogP contribution in [-0.2, 0) is 0 Å². The molecule has 18 heavy (non-hydrogen) atoms. The van der Waals surface area contributed by atoms with Gasteiger partial charge in [0.2, 0.25) is 0 Å². The van der Waals surface area contributed by atoms with Crippen LogP contribution < -0.4 is 11.1 Å². The summed E-state index contributed by atoms with van der Waals surface area (Å²) in [5, 5.41) is 12.3. The van der Waals surface area contributed by atoms with Gasteiger partial charge < -0.3 is 9.73 Å². The summed E-state index contributed by atoms with van der Waals surface area (Å²) in [4.78, 5) is 13.7. The number of hydrogen-bond donors (Lipinski definition) is 2. The van der Waals surface area contributed by atoms with Crippen LogP contribution in [0.15, 0.2) is 27.4 Å². The van der Waals surface area contributed by atoms with E-state index in [1.807, 2.05) is 26.1 Å². The third kappa shape index (κ3) is 2.15. The minimum Gasteiger partial charge on any atom is -0.408 e. The Hall–Kier alpha value is -2.06. The van der Waals surface area contributed by atoms with Crippen molar-refractivity contribution in [2.24, 2.45) is 5.92 Å². The van der Waals surface area contributed by atoms with Crippen LogP contribution in [0, 0.1) is 17.2 Å². The normalized spacial score (nSPS) is 14.3. The summed E-state index contributed by atoms with van der Waals surface area (Å²) in [5.41, 5.74) is 2.16. The number of rotatable bonds is 4. The largest absolute Gasteiger partial charge is 0.417 e. The van der Waals surface area contributed by atoms with Gasteiger partial charge in [-0.05, 0) is 31.2 Å². The zero-order chi connectivity index (χ0) is 13.1. The molecule has 1 aromatic heterocycles. The Morgan fingerprint density at radius 1 is 1.56 bits per heavy atom. The fraction of sp³-hybridized carbons (Fsp3) is 0.385. The first-order valence-corrected chi connectivity index (χ1v) is 5.89. The van der Waals surface area contributed by atoms with Crippen LogP contribution in [0.3, 0.4) is 0 Å². The molecule has 0 amide bonds. The minimum atomic E-state index is -0.463. The maximum absolute atomic E-state index is 11.1. The summed E-state index contributed by atoms with van der Waals surface area (Å²) in [6.45, 7) is 1.98. The fourth-order valence-corrected chi connectivity index (χ4v) is 2.16. The van der Waals surface area contributed by atoms with E-state index >= 15 is 0 Å². The SMILES string of the molecule is CCC(C#N)C(NC)c1ccc2oc(=O)[nH]c2c1. The Bertz CT molecular complexity index is 635. The van der Waals surface area contributed by atoms with Crippen molar-refractivity contribution >= 4 is 11.1 Å². The molecular weight excluding hydrogens is 230 g/mol. The fourth-order valence-electron chi connectivity index (χ4n) is 2.16. The first kappa shape index (κ1) is 12.4. The van der Waals surface area contributed by atoms with E-state index in [-0.39, 0.29) is 12.0 Å². The van der Waals surface area contributed by atoms with Crippen LogP contribution >= 0.6 is 0 Å². The second-order valence-electron chi connectivity index (χ2n) is 4.18. The number of oxazole rings is 1. The zero-order valence-electron chi connectivity index (χ0n) is 10.4. The number of nitrogens with one attached hydrogen (secondary N) is 2. The van der Waals surface area contributed by atoms with Crippen LogP contribution in [0.25, 0.3) is 11.1 Å². The van der Waals surface area contributed by atoms with E-state index in [0.717, 1.165) is 12.0 Å². The molecule has 0 fully saturated rings. The highest BCUT2D eigenvalue weighted by Crippen LogP contribution is 2.26. The summed E-state index contributed by atoms with van der Waals surface area (Å²) >= 11 is 0. The molecule has 2 unspecified atom stereocenters. The Kier molecular flexibility index (Phi) is 3.49. The van der Waals surface area contributed by atoms with E-state index in [0.29, 0.717) is 11.1 Å². The van der Waals surface area contributed by atoms with Gasteiger partial charge in [0.1, 0.15) is 0 Å². The molecule has 2 atom stereocenters. The van der Waals surface area contributed by atoms with Crippen LogP contribution in [0.5, 0.6) is 0 Å². The second kappa shape index (κ2) is 5.07. The number of benzene rings is 1. The molecule has 2 N–H and O–H groups in total. The summed E-state index contributed by atoms with van der Waals surface area (Å²) in [7, 11) is 1.83. The third-order valence-corrected chi connectivity index (χ3v) is 3.12. The summed E-state index contributed by atoms with van der Waals surface area (Å²) < 4.78 is 4.95. The number of nitrogens with zero attached hydrogens (tertiary/aromatic N) is 1. The van der Waals surface area contributed by atoms with Crippen molar-refractivity contribution in [2.45, 2.75) is 19.4 Å². The molecule has 0 spiro atoms. The lowest BCUT2D eigenvalue weighted by Gasteiger charge is -2.20. The summed E-state index contributed by atoms with van der Waals surface area (Å²) in [6.07, 6.45) is 0.766. The topological polar surface area (TPSA) is 81.8 Å². The van der Waals surface area contributed by atoms with Gasteiger partial charge in [0.05, 0.1) is 17.5 Å². The van der Waals surface area contributed by atoms with Crippen molar-refractivity contribution in [3.05, 3.63) is 34.3 Å². The van der Waals surface area contributed by atoms with Gasteiger partial charge in [-0.1, -0.05) is 13.0 Å². The van der Waals surface area contributed by atoms with Gasteiger partial charge in [-0.3, -0.25) is 4.98 Å². The van der Waals surface area contributed by atoms with E-state index in [1.54, 1.807) is 6.07 Å². The molecule has 1 aromatic carbocycles. The first-order chi connectivity index (χ1) is 8.69. The van der Waals surface area contributed by atoms with Crippen molar-refractivity contribution in [1.82, 2.24) is 10.3 Å². The second-order valence-corrected chi connectivity index (χ2v) is 4.18. The molecule has 2 aromatic rings. The first-order valence-electron chi connectivity index (χ1n) is 5.89. The molecule has 0 aliphatic heterocycles. The third-order valence-electron chi connectivity index (χ3n) is 3.12. The molecule has 94 valence electrons. The van der Waals surface area contributed by atoms with Crippen LogP contribution in [-0.4, -0.2) is 12.0 Å². The quantitative estimate of drug-likeness (QED) is 0.862. The van der Waals surface area contributed by atoms with Crippen molar-refractivity contribution < 1.29 is 4.42 Å². The van der Waals surface area contributed by atoms with Gasteiger partial charge in [0, 0.05) is 6.04 Å². The molecule has 0 aliphatic rings. The Labute approximate surface area is 104 Å². The zero-order valence-corrected chi connectivity index (χ0v) is 10.4.